The smallest absolute Gasteiger partial charge is 0.0589 e. The minimum atomic E-state index is 0.359. The molecule has 0 aromatic rings. The maximum atomic E-state index is 6.27. The molecule has 0 aliphatic heterocycles. The van der Waals surface area contributed by atoms with E-state index in [1.54, 1.807) is 7.11 Å². The molecule has 3 heteroatoms. The molecule has 19 heavy (non-hydrogen) atoms. The third kappa shape index (κ3) is 3.50. The Morgan fingerprint density at radius 3 is 2.47 bits per heavy atom. The highest BCUT2D eigenvalue weighted by Crippen LogP contribution is 2.45. The number of hydrogen-bond acceptors (Lipinski definition) is 3. The van der Waals surface area contributed by atoms with Crippen LogP contribution in [0.4, 0.5) is 0 Å². The quantitative estimate of drug-likeness (QED) is 0.804. The van der Waals surface area contributed by atoms with E-state index in [1.807, 2.05) is 0 Å². The van der Waals surface area contributed by atoms with Crippen LogP contribution in [-0.4, -0.2) is 43.8 Å². The zero-order valence-electron chi connectivity index (χ0n) is 13.2. The summed E-state index contributed by atoms with van der Waals surface area (Å²) in [5, 5.41) is 0. The molecule has 112 valence electrons. The van der Waals surface area contributed by atoms with Crippen molar-refractivity contribution in [3.8, 4) is 0 Å². The Morgan fingerprint density at radius 1 is 1.21 bits per heavy atom. The summed E-state index contributed by atoms with van der Waals surface area (Å²) < 4.78 is 5.27. The second-order valence-corrected chi connectivity index (χ2v) is 7.27. The van der Waals surface area contributed by atoms with Crippen LogP contribution in [0.25, 0.3) is 0 Å². The van der Waals surface area contributed by atoms with Crippen molar-refractivity contribution in [2.24, 2.45) is 23.0 Å². The fraction of sp³-hybridized carbons (Fsp3) is 1.00. The van der Waals surface area contributed by atoms with Crippen molar-refractivity contribution in [3.05, 3.63) is 0 Å². The third-order valence-electron chi connectivity index (χ3n) is 5.82. The minimum absolute atomic E-state index is 0.359. The van der Waals surface area contributed by atoms with Crippen molar-refractivity contribution in [1.29, 1.82) is 0 Å². The summed E-state index contributed by atoms with van der Waals surface area (Å²) in [5.41, 5.74) is 6.62. The van der Waals surface area contributed by atoms with Crippen LogP contribution in [0.5, 0.6) is 0 Å². The van der Waals surface area contributed by atoms with Crippen LogP contribution in [0.15, 0.2) is 0 Å². The first kappa shape index (κ1) is 15.3. The van der Waals surface area contributed by atoms with Crippen molar-refractivity contribution in [3.63, 3.8) is 0 Å². The molecule has 3 unspecified atom stereocenters. The van der Waals surface area contributed by atoms with Gasteiger partial charge >= 0.3 is 0 Å². The van der Waals surface area contributed by atoms with Gasteiger partial charge < -0.3 is 10.5 Å². The summed E-state index contributed by atoms with van der Waals surface area (Å²) in [7, 11) is 1.80. The highest BCUT2D eigenvalue weighted by atomic mass is 16.5. The topological polar surface area (TPSA) is 38.5 Å². The third-order valence-corrected chi connectivity index (χ3v) is 5.82. The molecular formula is C16H32N2O. The lowest BCUT2D eigenvalue weighted by molar-refractivity contribution is 0.0210. The van der Waals surface area contributed by atoms with E-state index in [-0.39, 0.29) is 0 Å². The van der Waals surface area contributed by atoms with E-state index in [9.17, 15) is 0 Å². The van der Waals surface area contributed by atoms with Gasteiger partial charge in [0.15, 0.2) is 0 Å². The molecule has 0 heterocycles. The average molecular weight is 268 g/mol. The number of methoxy groups -OCH3 is 1. The molecule has 2 N–H and O–H groups in total. The summed E-state index contributed by atoms with van der Waals surface area (Å²) in [4.78, 5) is 2.67. The van der Waals surface area contributed by atoms with Crippen LogP contribution in [0.2, 0.25) is 0 Å². The lowest BCUT2D eigenvalue weighted by Crippen LogP contribution is -2.50. The number of ether oxygens (including phenoxy) is 1. The van der Waals surface area contributed by atoms with Crippen LogP contribution >= 0.6 is 0 Å². The first-order chi connectivity index (χ1) is 8.96. The predicted molar refractivity (Wildman–Crippen MR) is 80.1 cm³/mol. The van der Waals surface area contributed by atoms with Crippen molar-refractivity contribution >= 4 is 0 Å². The zero-order chi connectivity index (χ0) is 14.0. The zero-order valence-corrected chi connectivity index (χ0v) is 13.2. The van der Waals surface area contributed by atoms with Gasteiger partial charge in [0.2, 0.25) is 0 Å². The molecule has 0 radical (unpaired) electrons. The van der Waals surface area contributed by atoms with Gasteiger partial charge in [0.25, 0.3) is 0 Å². The van der Waals surface area contributed by atoms with Gasteiger partial charge in [-0.3, -0.25) is 4.90 Å². The Kier molecular flexibility index (Phi) is 4.91. The molecule has 2 aliphatic carbocycles. The summed E-state index contributed by atoms with van der Waals surface area (Å²) in [6.45, 7) is 10.4. The largest absolute Gasteiger partial charge is 0.383 e. The van der Waals surface area contributed by atoms with Crippen molar-refractivity contribution in [2.45, 2.75) is 58.5 Å². The fourth-order valence-electron chi connectivity index (χ4n) is 3.62. The maximum absolute atomic E-state index is 6.27. The van der Waals surface area contributed by atoms with Crippen LogP contribution in [0.1, 0.15) is 46.5 Å². The minimum Gasteiger partial charge on any atom is -0.383 e. The van der Waals surface area contributed by atoms with Gasteiger partial charge in [-0.15, -0.1) is 0 Å². The molecule has 0 aromatic heterocycles. The highest BCUT2D eigenvalue weighted by Gasteiger charge is 2.43. The molecule has 2 aliphatic rings. The Bertz CT molecular complexity index is 288. The summed E-state index contributed by atoms with van der Waals surface area (Å²) >= 11 is 0. The standard InChI is InChI=1S/C16H32N2O/c1-12-15(17)8-5-13(16(12,2)3)11-18(9-10-19-4)14-6-7-14/h12-15H,5-11,17H2,1-4H3. The molecule has 0 spiro atoms. The molecule has 2 saturated carbocycles. The van der Waals surface area contributed by atoms with Crippen molar-refractivity contribution < 1.29 is 4.74 Å². The van der Waals surface area contributed by atoms with E-state index in [4.69, 9.17) is 10.5 Å². The fourth-order valence-corrected chi connectivity index (χ4v) is 3.62. The predicted octanol–water partition coefficient (Wildman–Crippen LogP) is 2.50. The number of rotatable bonds is 6. The molecule has 0 bridgehead atoms. The van der Waals surface area contributed by atoms with E-state index in [0.717, 1.165) is 25.1 Å². The molecule has 0 saturated heterocycles. The molecule has 0 aromatic carbocycles. The number of hydrogen-bond donors (Lipinski definition) is 1. The first-order valence-electron chi connectivity index (χ1n) is 7.95. The second kappa shape index (κ2) is 6.11. The Morgan fingerprint density at radius 2 is 1.89 bits per heavy atom. The maximum Gasteiger partial charge on any atom is 0.0589 e. The Labute approximate surface area is 118 Å². The monoisotopic (exact) mass is 268 g/mol. The SMILES string of the molecule is COCCN(CC1CCC(N)C(C)C1(C)C)C1CC1. The van der Waals surface area contributed by atoms with Gasteiger partial charge in [-0.1, -0.05) is 20.8 Å². The van der Waals surface area contributed by atoms with Crippen LogP contribution in [0, 0.1) is 17.3 Å². The summed E-state index contributed by atoms with van der Waals surface area (Å²) in [5.74, 6) is 1.40. The van der Waals surface area contributed by atoms with Crippen molar-refractivity contribution in [2.75, 3.05) is 26.8 Å². The van der Waals surface area contributed by atoms with Crippen LogP contribution < -0.4 is 5.73 Å². The normalized spacial score (nSPS) is 34.7. The molecular weight excluding hydrogens is 236 g/mol. The lowest BCUT2D eigenvalue weighted by Gasteiger charge is -2.48. The number of nitrogens with zero attached hydrogens (tertiary/aromatic N) is 1. The molecule has 0 amide bonds. The van der Waals surface area contributed by atoms with E-state index >= 15 is 0 Å². The first-order valence-corrected chi connectivity index (χ1v) is 7.95. The van der Waals surface area contributed by atoms with Crippen LogP contribution in [-0.2, 0) is 4.74 Å². The highest BCUT2D eigenvalue weighted by molar-refractivity contribution is 4.96. The number of nitrogens with two attached hydrogens (primary N) is 1. The average Bonchev–Trinajstić information content (AvgIpc) is 3.19. The molecule has 3 nitrogen and oxygen atoms in total. The van der Waals surface area contributed by atoms with Gasteiger partial charge in [-0.05, 0) is 42.9 Å². The molecule has 3 atom stereocenters. The van der Waals surface area contributed by atoms with Gasteiger partial charge in [-0.25, -0.2) is 0 Å². The van der Waals surface area contributed by atoms with E-state index in [2.05, 4.69) is 25.7 Å². The summed E-state index contributed by atoms with van der Waals surface area (Å²) in [6.07, 6.45) is 5.24. The Balaban J connectivity index is 1.95. The Hall–Kier alpha value is -0.120. The van der Waals surface area contributed by atoms with Crippen molar-refractivity contribution in [1.82, 2.24) is 4.90 Å². The van der Waals surface area contributed by atoms with Gasteiger partial charge in [0, 0.05) is 32.3 Å². The summed E-state index contributed by atoms with van der Waals surface area (Å²) in [6, 6.07) is 1.22. The van der Waals surface area contributed by atoms with Gasteiger partial charge in [0.05, 0.1) is 6.61 Å². The second-order valence-electron chi connectivity index (χ2n) is 7.27. The van der Waals surface area contributed by atoms with Gasteiger partial charge in [0.1, 0.15) is 0 Å². The molecule has 2 rings (SSSR count). The molecule has 2 fully saturated rings. The lowest BCUT2D eigenvalue weighted by atomic mass is 9.61. The van der Waals surface area contributed by atoms with E-state index in [1.165, 1.54) is 32.2 Å². The van der Waals surface area contributed by atoms with E-state index in [0.29, 0.717) is 17.4 Å². The van der Waals surface area contributed by atoms with Crippen LogP contribution in [0.3, 0.4) is 0 Å². The van der Waals surface area contributed by atoms with Gasteiger partial charge in [-0.2, -0.15) is 0 Å². The van der Waals surface area contributed by atoms with E-state index < -0.39 is 0 Å².